The van der Waals surface area contributed by atoms with E-state index in [1.165, 1.54) is 0 Å². The van der Waals surface area contributed by atoms with E-state index in [9.17, 15) is 0 Å². The fourth-order valence-electron chi connectivity index (χ4n) is 0.784. The van der Waals surface area contributed by atoms with Crippen LogP contribution in [0.15, 0.2) is 9.15 Å². The highest BCUT2D eigenvalue weighted by atomic mass is 17.0. The van der Waals surface area contributed by atoms with Gasteiger partial charge in [-0.15, -0.1) is 0 Å². The van der Waals surface area contributed by atoms with E-state index in [1.54, 1.807) is 0 Å². The molecule has 0 spiro atoms. The van der Waals surface area contributed by atoms with E-state index in [4.69, 9.17) is 9.68 Å². The molecule has 1 N–H and O–H groups in total. The van der Waals surface area contributed by atoms with Crippen LogP contribution in [0.25, 0.3) is 0 Å². The van der Waals surface area contributed by atoms with Gasteiger partial charge in [0.1, 0.15) is 6.61 Å². The van der Waals surface area contributed by atoms with E-state index in [2.05, 4.69) is 4.58 Å². The summed E-state index contributed by atoms with van der Waals surface area (Å²) in [5, 5.41) is 8.66. The second kappa shape index (κ2) is 2.16. The first kappa shape index (κ1) is 7.41. The third-order valence-corrected chi connectivity index (χ3v) is 1.30. The third-order valence-electron chi connectivity index (χ3n) is 1.30. The van der Waals surface area contributed by atoms with E-state index >= 15 is 0 Å². The van der Waals surface area contributed by atoms with Gasteiger partial charge in [0.05, 0.1) is 0 Å². The monoisotopic (exact) mass is 144 g/mol. The minimum Gasteiger partial charge on any atom is -0.388 e. The highest BCUT2D eigenvalue weighted by Gasteiger charge is 2.27. The molecule has 3 heteroatoms. The van der Waals surface area contributed by atoms with Gasteiger partial charge in [-0.1, -0.05) is 20.8 Å². The molecular formula is C7H12O3. The van der Waals surface area contributed by atoms with Gasteiger partial charge in [0.25, 0.3) is 0 Å². The molecule has 0 unspecified atom stereocenters. The highest BCUT2D eigenvalue weighted by Crippen LogP contribution is 2.28. The Morgan fingerprint density at radius 3 is 2.00 bits per heavy atom. The average molecular weight is 144 g/mol. The molecule has 58 valence electrons. The maximum Gasteiger partial charge on any atom is 0.224 e. The quantitative estimate of drug-likeness (QED) is 0.610. The van der Waals surface area contributed by atoms with Crippen LogP contribution in [0.2, 0.25) is 0 Å². The lowest BCUT2D eigenvalue weighted by atomic mass is 9.92. The van der Waals surface area contributed by atoms with Gasteiger partial charge < -0.3 is 5.11 Å². The van der Waals surface area contributed by atoms with Crippen LogP contribution in [0.5, 0.6) is 0 Å². The Labute approximate surface area is 59.6 Å². The van der Waals surface area contributed by atoms with E-state index in [-0.39, 0.29) is 12.0 Å². The number of hydrogen-bond acceptors (Lipinski definition) is 3. The van der Waals surface area contributed by atoms with Crippen LogP contribution >= 0.6 is 0 Å². The predicted molar refractivity (Wildman–Crippen MR) is 35.6 cm³/mol. The first-order chi connectivity index (χ1) is 4.55. The number of hydrogen-bond donors (Lipinski definition) is 1. The molecule has 1 aromatic heterocycles. The molecule has 3 nitrogen and oxygen atoms in total. The SMILES string of the molecule is CC(C)(C)c1ooc1CO. The Hall–Kier alpha value is -0.700. The van der Waals surface area contributed by atoms with Crippen molar-refractivity contribution in [3.05, 3.63) is 11.5 Å². The summed E-state index contributed by atoms with van der Waals surface area (Å²) < 4.78 is 9.27. The maximum atomic E-state index is 8.66. The number of rotatable bonds is 1. The summed E-state index contributed by atoms with van der Waals surface area (Å²) in [6, 6.07) is 0. The van der Waals surface area contributed by atoms with Crippen molar-refractivity contribution in [2.75, 3.05) is 0 Å². The Morgan fingerprint density at radius 2 is 1.90 bits per heavy atom. The average Bonchev–Trinajstić information content (AvgIpc) is 1.57. The van der Waals surface area contributed by atoms with Gasteiger partial charge >= 0.3 is 0 Å². The smallest absolute Gasteiger partial charge is 0.224 e. The van der Waals surface area contributed by atoms with E-state index in [0.29, 0.717) is 5.76 Å². The van der Waals surface area contributed by atoms with Crippen molar-refractivity contribution in [2.45, 2.75) is 32.8 Å². The summed E-state index contributed by atoms with van der Waals surface area (Å²) in [4.78, 5) is 0. The molecule has 0 aliphatic carbocycles. The van der Waals surface area contributed by atoms with E-state index in [1.807, 2.05) is 20.8 Å². The zero-order valence-electron chi connectivity index (χ0n) is 6.47. The molecule has 0 aromatic carbocycles. The molecule has 0 radical (unpaired) electrons. The molecule has 0 aliphatic rings. The van der Waals surface area contributed by atoms with Gasteiger partial charge in [-0.25, -0.2) is 0 Å². The van der Waals surface area contributed by atoms with Gasteiger partial charge in [-0.3, -0.25) is 9.15 Å². The normalized spacial score (nSPS) is 12.4. The molecule has 0 saturated carbocycles. The summed E-state index contributed by atoms with van der Waals surface area (Å²) in [5.41, 5.74) is -0.0592. The van der Waals surface area contributed by atoms with Crippen LogP contribution in [0.4, 0.5) is 0 Å². The Morgan fingerprint density at radius 1 is 1.30 bits per heavy atom. The van der Waals surface area contributed by atoms with Gasteiger partial charge in [0.15, 0.2) is 0 Å². The second-order valence-corrected chi connectivity index (χ2v) is 3.33. The van der Waals surface area contributed by atoms with Crippen LogP contribution in [-0.2, 0) is 12.0 Å². The molecular weight excluding hydrogens is 132 g/mol. The van der Waals surface area contributed by atoms with Crippen molar-refractivity contribution >= 4 is 0 Å². The summed E-state index contributed by atoms with van der Waals surface area (Å²) >= 11 is 0. The predicted octanol–water partition coefficient (Wildman–Crippen LogP) is 1.66. The van der Waals surface area contributed by atoms with Gasteiger partial charge in [0, 0.05) is 5.41 Å². The standard InChI is InChI=1S/C7H12O3/c1-7(2,3)6-5(4-8)9-10-6/h8H,4H2,1-3H3. The van der Waals surface area contributed by atoms with Crippen LogP contribution in [0, 0.1) is 0 Å². The van der Waals surface area contributed by atoms with E-state index in [0.717, 1.165) is 5.76 Å². The third kappa shape index (κ3) is 1.09. The minimum atomic E-state index is -0.0768. The number of aliphatic hydroxyl groups excluding tert-OH is 1. The molecule has 0 atom stereocenters. The number of aliphatic hydroxyl groups is 1. The zero-order chi connectivity index (χ0) is 7.78. The minimum absolute atomic E-state index is 0.0592. The Balaban J connectivity index is 2.79. The van der Waals surface area contributed by atoms with Crippen LogP contribution in [0.1, 0.15) is 32.3 Å². The lowest BCUT2D eigenvalue weighted by Crippen LogP contribution is -2.16. The van der Waals surface area contributed by atoms with Gasteiger partial charge in [0.2, 0.25) is 11.5 Å². The Bertz CT molecular complexity index is 201. The molecule has 0 amide bonds. The van der Waals surface area contributed by atoms with Crippen LogP contribution in [-0.4, -0.2) is 5.11 Å². The molecule has 0 fully saturated rings. The molecule has 1 aromatic rings. The molecule has 10 heavy (non-hydrogen) atoms. The van der Waals surface area contributed by atoms with Crippen molar-refractivity contribution in [2.24, 2.45) is 0 Å². The summed E-state index contributed by atoms with van der Waals surface area (Å²) in [6.45, 7) is 5.92. The lowest BCUT2D eigenvalue weighted by molar-refractivity contribution is -0.0595. The molecule has 0 bridgehead atoms. The van der Waals surface area contributed by atoms with Crippen molar-refractivity contribution in [3.63, 3.8) is 0 Å². The first-order valence-electron chi connectivity index (χ1n) is 3.24. The second-order valence-electron chi connectivity index (χ2n) is 3.33. The van der Waals surface area contributed by atoms with E-state index < -0.39 is 0 Å². The van der Waals surface area contributed by atoms with Crippen molar-refractivity contribution in [1.82, 2.24) is 0 Å². The van der Waals surface area contributed by atoms with Crippen LogP contribution < -0.4 is 0 Å². The summed E-state index contributed by atoms with van der Waals surface area (Å²) in [6.07, 6.45) is 0. The topological polar surface area (TPSA) is 46.5 Å². The van der Waals surface area contributed by atoms with Gasteiger partial charge in [-0.2, -0.15) is 0 Å². The fourth-order valence-corrected chi connectivity index (χ4v) is 0.784. The summed E-state index contributed by atoms with van der Waals surface area (Å²) in [7, 11) is 0. The maximum absolute atomic E-state index is 8.66. The first-order valence-corrected chi connectivity index (χ1v) is 3.24. The Kier molecular flexibility index (Phi) is 1.60. The van der Waals surface area contributed by atoms with Crippen molar-refractivity contribution < 1.29 is 14.3 Å². The highest BCUT2D eigenvalue weighted by molar-refractivity contribution is 5.12. The fraction of sp³-hybridized carbons (Fsp3) is 0.714. The lowest BCUT2D eigenvalue weighted by Gasteiger charge is -2.18. The largest absolute Gasteiger partial charge is 0.388 e. The summed E-state index contributed by atoms with van der Waals surface area (Å²) in [5.74, 6) is 1.29. The molecule has 1 heterocycles. The van der Waals surface area contributed by atoms with Crippen molar-refractivity contribution in [1.29, 1.82) is 0 Å². The van der Waals surface area contributed by atoms with Gasteiger partial charge in [-0.05, 0) is 0 Å². The molecule has 1 rings (SSSR count). The molecule has 0 saturated heterocycles. The zero-order valence-corrected chi connectivity index (χ0v) is 6.47. The van der Waals surface area contributed by atoms with Crippen LogP contribution in [0.3, 0.4) is 0 Å². The molecule has 0 aliphatic heterocycles. The van der Waals surface area contributed by atoms with Crippen molar-refractivity contribution in [3.8, 4) is 0 Å².